The summed E-state index contributed by atoms with van der Waals surface area (Å²) in [5, 5.41) is 3.14. The Labute approximate surface area is 227 Å². The van der Waals surface area contributed by atoms with Gasteiger partial charge in [-0.25, -0.2) is 8.42 Å². The highest BCUT2D eigenvalue weighted by Crippen LogP contribution is 2.30. The van der Waals surface area contributed by atoms with E-state index in [1.54, 1.807) is 36.1 Å². The van der Waals surface area contributed by atoms with E-state index in [1.165, 1.54) is 17.8 Å². The van der Waals surface area contributed by atoms with Gasteiger partial charge in [0, 0.05) is 25.6 Å². The van der Waals surface area contributed by atoms with Gasteiger partial charge in [0.15, 0.2) is 0 Å². The largest absolute Gasteiger partial charge is 0.495 e. The van der Waals surface area contributed by atoms with Crippen molar-refractivity contribution in [1.29, 1.82) is 0 Å². The summed E-state index contributed by atoms with van der Waals surface area (Å²) in [5.74, 6) is 0.104. The molecule has 0 heterocycles. The molecule has 0 spiro atoms. The maximum atomic E-state index is 13.5. The number of anilines is 1. The first-order valence-corrected chi connectivity index (χ1v) is 15.2. The van der Waals surface area contributed by atoms with E-state index in [0.717, 1.165) is 43.1 Å². The van der Waals surface area contributed by atoms with Gasteiger partial charge in [-0.2, -0.15) is 0 Å². The number of carbonyl (C=O) groups excluding carboxylic acids is 2. The molecule has 38 heavy (non-hydrogen) atoms. The molecule has 208 valence electrons. The van der Waals surface area contributed by atoms with Crippen molar-refractivity contribution in [2.75, 3.05) is 24.2 Å². The van der Waals surface area contributed by atoms with Crippen molar-refractivity contribution >= 4 is 27.5 Å². The second-order valence-electron chi connectivity index (χ2n) is 10.1. The fourth-order valence-corrected chi connectivity index (χ4v) is 5.83. The molecule has 1 saturated carbocycles. The number of nitrogens with one attached hydrogen (secondary N) is 1. The average molecular weight is 544 g/mol. The quantitative estimate of drug-likeness (QED) is 0.428. The van der Waals surface area contributed by atoms with E-state index >= 15 is 0 Å². The molecule has 0 aliphatic heterocycles. The van der Waals surface area contributed by atoms with Crippen LogP contribution in [0.25, 0.3) is 0 Å². The number of sulfonamides is 1. The number of hydrogen-bond donors (Lipinski definition) is 1. The third-order valence-corrected chi connectivity index (χ3v) is 8.28. The van der Waals surface area contributed by atoms with Crippen molar-refractivity contribution in [3.63, 3.8) is 0 Å². The Morgan fingerprint density at radius 3 is 2.34 bits per heavy atom. The van der Waals surface area contributed by atoms with Crippen LogP contribution in [0.15, 0.2) is 48.5 Å². The molecular formula is C29H41N3O5S. The highest BCUT2D eigenvalue weighted by Gasteiger charge is 2.28. The number of methoxy groups -OCH3 is 1. The molecule has 0 bridgehead atoms. The molecule has 1 aliphatic rings. The van der Waals surface area contributed by atoms with Crippen molar-refractivity contribution in [2.45, 2.75) is 77.4 Å². The standard InChI is InChI=1S/C29H41N3O5S/c1-22-16-18-24(19-17-22)21-31(23(2)29(34)30-25-11-6-5-7-12-25)28(33)15-10-20-32(38(4,35)36)26-13-8-9-14-27(26)37-3/h8-9,13-14,16-19,23,25H,5-7,10-12,15,20-21H2,1-4H3,(H,30,34)/t23-/m0/s1. The van der Waals surface area contributed by atoms with Gasteiger partial charge in [-0.15, -0.1) is 0 Å². The number of rotatable bonds is 12. The summed E-state index contributed by atoms with van der Waals surface area (Å²) in [6.45, 7) is 4.19. The predicted octanol–water partition coefficient (Wildman–Crippen LogP) is 4.42. The molecule has 0 saturated heterocycles. The second-order valence-corrected chi connectivity index (χ2v) is 12.0. The lowest BCUT2D eigenvalue weighted by Crippen LogP contribution is -2.50. The summed E-state index contributed by atoms with van der Waals surface area (Å²) >= 11 is 0. The van der Waals surface area contributed by atoms with Crippen LogP contribution in [0.1, 0.15) is 63.0 Å². The van der Waals surface area contributed by atoms with E-state index in [-0.39, 0.29) is 30.8 Å². The van der Waals surface area contributed by atoms with Crippen LogP contribution < -0.4 is 14.4 Å². The van der Waals surface area contributed by atoms with E-state index in [4.69, 9.17) is 4.74 Å². The maximum Gasteiger partial charge on any atom is 0.242 e. The third kappa shape index (κ3) is 8.21. The van der Waals surface area contributed by atoms with Gasteiger partial charge >= 0.3 is 0 Å². The average Bonchev–Trinajstić information content (AvgIpc) is 2.90. The zero-order valence-corrected chi connectivity index (χ0v) is 23.8. The molecule has 1 aliphatic carbocycles. The summed E-state index contributed by atoms with van der Waals surface area (Å²) in [6, 6.07) is 14.3. The number of para-hydroxylation sites is 2. The Kier molecular flexibility index (Phi) is 10.6. The molecule has 1 N–H and O–H groups in total. The minimum absolute atomic E-state index is 0.105. The van der Waals surface area contributed by atoms with E-state index in [2.05, 4.69) is 5.32 Å². The number of benzene rings is 2. The SMILES string of the molecule is COc1ccccc1N(CCCC(=O)N(Cc1ccc(C)cc1)[C@@H](C)C(=O)NC1CCCCC1)S(C)(=O)=O. The smallest absolute Gasteiger partial charge is 0.242 e. The highest BCUT2D eigenvalue weighted by atomic mass is 32.2. The molecular weight excluding hydrogens is 502 g/mol. The van der Waals surface area contributed by atoms with E-state index in [0.29, 0.717) is 24.4 Å². The maximum absolute atomic E-state index is 13.5. The second kappa shape index (κ2) is 13.6. The molecule has 2 aromatic carbocycles. The molecule has 0 radical (unpaired) electrons. The van der Waals surface area contributed by atoms with Crippen LogP contribution in [-0.2, 0) is 26.2 Å². The van der Waals surface area contributed by atoms with Crippen molar-refractivity contribution in [3.8, 4) is 5.75 Å². The van der Waals surface area contributed by atoms with Crippen LogP contribution in [0.4, 0.5) is 5.69 Å². The molecule has 3 rings (SSSR count). The molecule has 8 nitrogen and oxygen atoms in total. The fraction of sp³-hybridized carbons (Fsp3) is 0.517. The molecule has 1 fully saturated rings. The Bertz CT molecular complexity index is 1180. The van der Waals surface area contributed by atoms with Crippen molar-refractivity contribution < 1.29 is 22.7 Å². The van der Waals surface area contributed by atoms with Gasteiger partial charge in [-0.1, -0.05) is 61.2 Å². The van der Waals surface area contributed by atoms with Gasteiger partial charge in [0.25, 0.3) is 0 Å². The summed E-state index contributed by atoms with van der Waals surface area (Å²) in [4.78, 5) is 28.3. The molecule has 0 aromatic heterocycles. The van der Waals surface area contributed by atoms with Crippen molar-refractivity contribution in [3.05, 3.63) is 59.7 Å². The Balaban J connectivity index is 1.73. The molecule has 2 amide bonds. The summed E-state index contributed by atoms with van der Waals surface area (Å²) in [6.07, 6.45) is 6.88. The lowest BCUT2D eigenvalue weighted by atomic mass is 9.95. The fourth-order valence-electron chi connectivity index (χ4n) is 4.86. The number of hydrogen-bond acceptors (Lipinski definition) is 5. The summed E-state index contributed by atoms with van der Waals surface area (Å²) in [7, 11) is -2.11. The van der Waals surface area contributed by atoms with Gasteiger partial charge < -0.3 is 15.0 Å². The predicted molar refractivity (Wildman–Crippen MR) is 151 cm³/mol. The number of nitrogens with zero attached hydrogens (tertiary/aromatic N) is 2. The minimum Gasteiger partial charge on any atom is -0.495 e. The number of ether oxygens (including phenoxy) is 1. The molecule has 2 aromatic rings. The Hall–Kier alpha value is -3.07. The first-order valence-electron chi connectivity index (χ1n) is 13.4. The first kappa shape index (κ1) is 29.5. The third-order valence-electron chi connectivity index (χ3n) is 7.10. The monoisotopic (exact) mass is 543 g/mol. The number of carbonyl (C=O) groups is 2. The molecule has 1 atom stereocenters. The van der Waals surface area contributed by atoms with Gasteiger partial charge in [0.1, 0.15) is 11.8 Å². The number of amides is 2. The Morgan fingerprint density at radius 1 is 1.05 bits per heavy atom. The van der Waals surface area contributed by atoms with Crippen LogP contribution in [0.5, 0.6) is 5.75 Å². The zero-order chi connectivity index (χ0) is 27.7. The normalized spacial score (nSPS) is 14.9. The zero-order valence-electron chi connectivity index (χ0n) is 23.0. The van der Waals surface area contributed by atoms with Crippen molar-refractivity contribution in [2.24, 2.45) is 0 Å². The van der Waals surface area contributed by atoms with E-state index in [9.17, 15) is 18.0 Å². The van der Waals surface area contributed by atoms with Gasteiger partial charge in [0.05, 0.1) is 19.1 Å². The van der Waals surface area contributed by atoms with Gasteiger partial charge in [-0.05, 0) is 50.8 Å². The van der Waals surface area contributed by atoms with Crippen LogP contribution in [0, 0.1) is 6.92 Å². The number of aryl methyl sites for hydroxylation is 1. The van der Waals surface area contributed by atoms with Crippen LogP contribution >= 0.6 is 0 Å². The van der Waals surface area contributed by atoms with Crippen LogP contribution in [0.2, 0.25) is 0 Å². The van der Waals surface area contributed by atoms with E-state index < -0.39 is 16.1 Å². The van der Waals surface area contributed by atoms with E-state index in [1.807, 2.05) is 31.2 Å². The van der Waals surface area contributed by atoms with Crippen LogP contribution in [-0.4, -0.2) is 57.1 Å². The van der Waals surface area contributed by atoms with Crippen LogP contribution in [0.3, 0.4) is 0 Å². The first-order chi connectivity index (χ1) is 18.1. The highest BCUT2D eigenvalue weighted by molar-refractivity contribution is 7.92. The summed E-state index contributed by atoms with van der Waals surface area (Å²) < 4.78 is 31.8. The van der Waals surface area contributed by atoms with Gasteiger partial charge in [-0.3, -0.25) is 13.9 Å². The molecule has 0 unspecified atom stereocenters. The van der Waals surface area contributed by atoms with Gasteiger partial charge in [0.2, 0.25) is 21.8 Å². The topological polar surface area (TPSA) is 96.0 Å². The lowest BCUT2D eigenvalue weighted by molar-refractivity contribution is -0.141. The summed E-state index contributed by atoms with van der Waals surface area (Å²) in [5.41, 5.74) is 2.49. The van der Waals surface area contributed by atoms with Crippen molar-refractivity contribution in [1.82, 2.24) is 10.2 Å². The lowest BCUT2D eigenvalue weighted by Gasteiger charge is -2.31. The molecule has 9 heteroatoms. The Morgan fingerprint density at radius 2 is 1.71 bits per heavy atom. The minimum atomic E-state index is -3.60.